The number of piperidine rings is 1. The molecule has 2 aliphatic rings. The van der Waals surface area contributed by atoms with Crippen molar-refractivity contribution < 1.29 is 9.18 Å². The van der Waals surface area contributed by atoms with E-state index in [9.17, 15) is 9.18 Å². The molecular formula is C20H24FN5O. The lowest BCUT2D eigenvalue weighted by Gasteiger charge is -2.37. The third-order valence-corrected chi connectivity index (χ3v) is 5.70. The fraction of sp³-hybridized carbons (Fsp3) is 0.400. The van der Waals surface area contributed by atoms with Crippen LogP contribution in [-0.4, -0.2) is 36.6 Å². The molecule has 0 saturated carbocycles. The van der Waals surface area contributed by atoms with E-state index in [2.05, 4.69) is 20.7 Å². The van der Waals surface area contributed by atoms with Crippen molar-refractivity contribution in [3.8, 4) is 0 Å². The summed E-state index contributed by atoms with van der Waals surface area (Å²) in [6, 6.07) is 10.6. The van der Waals surface area contributed by atoms with E-state index in [1.54, 1.807) is 30.5 Å². The molecule has 2 aliphatic heterocycles. The Bertz CT molecular complexity index is 822. The molecule has 142 valence electrons. The first-order chi connectivity index (χ1) is 13.1. The first-order valence-electron chi connectivity index (χ1n) is 9.36. The number of hydrogen-bond donors (Lipinski definition) is 3. The van der Waals surface area contributed by atoms with E-state index in [-0.39, 0.29) is 17.8 Å². The van der Waals surface area contributed by atoms with Crippen LogP contribution >= 0.6 is 0 Å². The van der Waals surface area contributed by atoms with E-state index in [4.69, 9.17) is 5.73 Å². The quantitative estimate of drug-likeness (QED) is 0.765. The van der Waals surface area contributed by atoms with Gasteiger partial charge in [-0.2, -0.15) is 0 Å². The van der Waals surface area contributed by atoms with E-state index >= 15 is 0 Å². The molecule has 2 unspecified atom stereocenters. The number of anilines is 1. The van der Waals surface area contributed by atoms with Crippen molar-refractivity contribution in [1.82, 2.24) is 15.8 Å². The second-order valence-corrected chi connectivity index (χ2v) is 7.30. The van der Waals surface area contributed by atoms with Gasteiger partial charge in [0.1, 0.15) is 11.6 Å². The lowest BCUT2D eigenvalue weighted by atomic mass is 9.80. The van der Waals surface area contributed by atoms with Gasteiger partial charge in [-0.1, -0.05) is 12.1 Å². The SMILES string of the molecule is NC(=O)c1ccnc(N2CCC(C3NNCC3c3cccc(F)c3)CC2)c1. The number of aromatic nitrogens is 1. The minimum absolute atomic E-state index is 0.187. The van der Waals surface area contributed by atoms with Gasteiger partial charge in [-0.05, 0) is 48.6 Å². The number of halogens is 1. The van der Waals surface area contributed by atoms with Crippen molar-refractivity contribution in [3.63, 3.8) is 0 Å². The number of hydrogen-bond acceptors (Lipinski definition) is 5. The van der Waals surface area contributed by atoms with Crippen LogP contribution in [0.4, 0.5) is 10.2 Å². The van der Waals surface area contributed by atoms with E-state index in [1.165, 1.54) is 6.07 Å². The average molecular weight is 369 g/mol. The number of nitrogens with zero attached hydrogens (tertiary/aromatic N) is 2. The average Bonchev–Trinajstić information content (AvgIpc) is 3.18. The summed E-state index contributed by atoms with van der Waals surface area (Å²) < 4.78 is 13.6. The van der Waals surface area contributed by atoms with Crippen molar-refractivity contribution in [2.45, 2.75) is 24.8 Å². The van der Waals surface area contributed by atoms with Crippen LogP contribution in [-0.2, 0) is 0 Å². The zero-order chi connectivity index (χ0) is 18.8. The molecule has 2 atom stereocenters. The zero-order valence-corrected chi connectivity index (χ0v) is 15.1. The van der Waals surface area contributed by atoms with Crippen LogP contribution in [0.5, 0.6) is 0 Å². The summed E-state index contributed by atoms with van der Waals surface area (Å²) in [4.78, 5) is 18.0. The molecule has 1 aromatic carbocycles. The fourth-order valence-corrected chi connectivity index (χ4v) is 4.26. The van der Waals surface area contributed by atoms with Crippen LogP contribution in [0.25, 0.3) is 0 Å². The largest absolute Gasteiger partial charge is 0.366 e. The summed E-state index contributed by atoms with van der Waals surface area (Å²) in [6.07, 6.45) is 3.64. The smallest absolute Gasteiger partial charge is 0.248 e. The molecule has 2 aromatic rings. The minimum atomic E-state index is -0.437. The Hall–Kier alpha value is -2.51. The van der Waals surface area contributed by atoms with Gasteiger partial charge in [0, 0.05) is 43.4 Å². The standard InChI is InChI=1S/C20H24FN5O/c21-16-3-1-2-14(10-16)17-12-24-25-19(17)13-5-8-26(9-6-13)18-11-15(20(22)27)4-7-23-18/h1-4,7,10-11,13,17,19,24-25H,5-6,8-9,12H2,(H2,22,27). The van der Waals surface area contributed by atoms with Crippen LogP contribution < -0.4 is 21.5 Å². The first-order valence-corrected chi connectivity index (χ1v) is 9.36. The number of nitrogens with two attached hydrogens (primary N) is 1. The maximum atomic E-state index is 13.6. The fourth-order valence-electron chi connectivity index (χ4n) is 4.26. The Morgan fingerprint density at radius 2 is 2.04 bits per heavy atom. The van der Waals surface area contributed by atoms with Crippen molar-refractivity contribution in [2.75, 3.05) is 24.5 Å². The van der Waals surface area contributed by atoms with Crippen LogP contribution in [0.1, 0.15) is 34.7 Å². The Labute approximate surface area is 157 Å². The molecule has 7 heteroatoms. The monoisotopic (exact) mass is 369 g/mol. The second-order valence-electron chi connectivity index (χ2n) is 7.30. The molecule has 3 heterocycles. The summed E-state index contributed by atoms with van der Waals surface area (Å²) >= 11 is 0. The van der Waals surface area contributed by atoms with E-state index in [0.29, 0.717) is 11.5 Å². The number of amides is 1. The van der Waals surface area contributed by atoms with Crippen LogP contribution in [0.2, 0.25) is 0 Å². The minimum Gasteiger partial charge on any atom is -0.366 e. The Morgan fingerprint density at radius 1 is 1.22 bits per heavy atom. The predicted octanol–water partition coefficient (Wildman–Crippen LogP) is 1.80. The molecule has 4 N–H and O–H groups in total. The predicted molar refractivity (Wildman–Crippen MR) is 102 cm³/mol. The van der Waals surface area contributed by atoms with Crippen LogP contribution in [0.3, 0.4) is 0 Å². The van der Waals surface area contributed by atoms with E-state index < -0.39 is 5.91 Å². The molecule has 2 saturated heterocycles. The van der Waals surface area contributed by atoms with Gasteiger partial charge < -0.3 is 10.6 Å². The Balaban J connectivity index is 1.43. The van der Waals surface area contributed by atoms with E-state index in [0.717, 1.165) is 43.9 Å². The van der Waals surface area contributed by atoms with Crippen LogP contribution in [0.15, 0.2) is 42.6 Å². The van der Waals surface area contributed by atoms with E-state index in [1.807, 2.05) is 6.07 Å². The molecule has 6 nitrogen and oxygen atoms in total. The maximum absolute atomic E-state index is 13.6. The van der Waals surface area contributed by atoms with Gasteiger partial charge in [0.05, 0.1) is 0 Å². The van der Waals surface area contributed by atoms with Crippen molar-refractivity contribution in [2.24, 2.45) is 11.7 Å². The number of benzene rings is 1. The Kier molecular flexibility index (Phi) is 5.05. The number of primary amides is 1. The number of rotatable bonds is 4. The highest BCUT2D eigenvalue weighted by Gasteiger charge is 2.36. The zero-order valence-electron chi connectivity index (χ0n) is 15.1. The normalized spacial score (nSPS) is 23.5. The molecular weight excluding hydrogens is 345 g/mol. The second kappa shape index (κ2) is 7.62. The topological polar surface area (TPSA) is 83.3 Å². The molecule has 0 radical (unpaired) electrons. The Morgan fingerprint density at radius 3 is 2.78 bits per heavy atom. The van der Waals surface area contributed by atoms with Crippen molar-refractivity contribution in [3.05, 3.63) is 59.5 Å². The molecule has 27 heavy (non-hydrogen) atoms. The molecule has 0 bridgehead atoms. The molecule has 0 aliphatic carbocycles. The highest BCUT2D eigenvalue weighted by Crippen LogP contribution is 2.33. The van der Waals surface area contributed by atoms with Gasteiger partial charge in [-0.3, -0.25) is 15.6 Å². The van der Waals surface area contributed by atoms with Gasteiger partial charge in [-0.15, -0.1) is 0 Å². The number of carbonyl (C=O) groups excluding carboxylic acids is 1. The van der Waals surface area contributed by atoms with Crippen molar-refractivity contribution in [1.29, 1.82) is 0 Å². The summed E-state index contributed by atoms with van der Waals surface area (Å²) in [6.45, 7) is 2.54. The van der Waals surface area contributed by atoms with Gasteiger partial charge in [0.15, 0.2) is 0 Å². The summed E-state index contributed by atoms with van der Waals surface area (Å²) in [5, 5.41) is 0. The van der Waals surface area contributed by atoms with Gasteiger partial charge >= 0.3 is 0 Å². The number of carbonyl (C=O) groups is 1. The van der Waals surface area contributed by atoms with Gasteiger partial charge in [0.2, 0.25) is 5.91 Å². The van der Waals surface area contributed by atoms with Crippen molar-refractivity contribution >= 4 is 11.7 Å². The molecule has 1 aromatic heterocycles. The summed E-state index contributed by atoms with van der Waals surface area (Å²) in [5.74, 6) is 0.919. The molecule has 2 fully saturated rings. The third kappa shape index (κ3) is 3.79. The summed E-state index contributed by atoms with van der Waals surface area (Å²) in [5.41, 5.74) is 13.5. The number of hydrazine groups is 1. The molecule has 4 rings (SSSR count). The van der Waals surface area contributed by atoms with Gasteiger partial charge in [-0.25, -0.2) is 9.37 Å². The maximum Gasteiger partial charge on any atom is 0.248 e. The first kappa shape index (κ1) is 17.9. The van der Waals surface area contributed by atoms with Gasteiger partial charge in [0.25, 0.3) is 0 Å². The molecule has 1 amide bonds. The highest BCUT2D eigenvalue weighted by atomic mass is 19.1. The lowest BCUT2D eigenvalue weighted by molar-refractivity contribution is 0.1000. The number of pyridine rings is 1. The number of nitrogens with one attached hydrogen (secondary N) is 2. The van der Waals surface area contributed by atoms with Crippen LogP contribution in [0, 0.1) is 11.7 Å². The summed E-state index contributed by atoms with van der Waals surface area (Å²) in [7, 11) is 0. The lowest BCUT2D eigenvalue weighted by Crippen LogP contribution is -2.44. The molecule has 0 spiro atoms. The third-order valence-electron chi connectivity index (χ3n) is 5.70. The highest BCUT2D eigenvalue weighted by molar-refractivity contribution is 5.93.